The summed E-state index contributed by atoms with van der Waals surface area (Å²) in [6.07, 6.45) is 0.345. The molecule has 0 unspecified atom stereocenters. The van der Waals surface area contributed by atoms with Gasteiger partial charge in [0.25, 0.3) is 0 Å². The van der Waals surface area contributed by atoms with Crippen LogP contribution < -0.4 is 11.1 Å². The topological polar surface area (TPSA) is 58.4 Å². The summed E-state index contributed by atoms with van der Waals surface area (Å²) < 4.78 is 0. The summed E-state index contributed by atoms with van der Waals surface area (Å²) in [5, 5.41) is 2.93. The van der Waals surface area contributed by atoms with E-state index in [2.05, 4.69) is 16.3 Å². The highest BCUT2D eigenvalue weighted by molar-refractivity contribution is 5.92. The number of amides is 1. The summed E-state index contributed by atoms with van der Waals surface area (Å²) in [6, 6.07) is 15.3. The maximum Gasteiger partial charge on any atom is 0.228 e. The van der Waals surface area contributed by atoms with Crippen LogP contribution in [0.3, 0.4) is 0 Å². The molecule has 0 aliphatic heterocycles. The van der Waals surface area contributed by atoms with Gasteiger partial charge < -0.3 is 16.0 Å². The normalized spacial score (nSPS) is 10.6. The van der Waals surface area contributed by atoms with Crippen LogP contribution in [0.25, 0.3) is 0 Å². The first kappa shape index (κ1) is 15.1. The van der Waals surface area contributed by atoms with Gasteiger partial charge in [-0.3, -0.25) is 4.79 Å². The molecule has 110 valence electrons. The largest absolute Gasteiger partial charge is 0.399 e. The van der Waals surface area contributed by atoms with Crippen LogP contribution in [0.15, 0.2) is 48.5 Å². The summed E-state index contributed by atoms with van der Waals surface area (Å²) in [7, 11) is 4.04. The zero-order valence-electron chi connectivity index (χ0n) is 12.5. The molecule has 1 amide bonds. The first-order chi connectivity index (χ1) is 10.0. The molecular formula is C17H21N3O. The minimum atomic E-state index is -0.0261. The van der Waals surface area contributed by atoms with E-state index in [0.29, 0.717) is 12.1 Å². The Hall–Kier alpha value is -2.33. The smallest absolute Gasteiger partial charge is 0.228 e. The summed E-state index contributed by atoms with van der Waals surface area (Å²) >= 11 is 0. The van der Waals surface area contributed by atoms with Crippen molar-refractivity contribution >= 4 is 17.3 Å². The van der Waals surface area contributed by atoms with E-state index >= 15 is 0 Å². The first-order valence-electron chi connectivity index (χ1n) is 6.91. The predicted octanol–water partition coefficient (Wildman–Crippen LogP) is 2.51. The lowest BCUT2D eigenvalue weighted by Crippen LogP contribution is -2.15. The van der Waals surface area contributed by atoms with Gasteiger partial charge in [0.15, 0.2) is 0 Å². The number of benzene rings is 2. The highest BCUT2D eigenvalue weighted by atomic mass is 16.1. The number of nitrogen functional groups attached to an aromatic ring is 1. The third-order valence-electron chi connectivity index (χ3n) is 3.05. The van der Waals surface area contributed by atoms with Crippen molar-refractivity contribution in [1.29, 1.82) is 0 Å². The van der Waals surface area contributed by atoms with Gasteiger partial charge in [0.05, 0.1) is 6.42 Å². The van der Waals surface area contributed by atoms with E-state index in [-0.39, 0.29) is 5.91 Å². The molecule has 0 aliphatic rings. The minimum Gasteiger partial charge on any atom is -0.399 e. The highest BCUT2D eigenvalue weighted by Crippen LogP contribution is 2.13. The molecule has 0 bridgehead atoms. The van der Waals surface area contributed by atoms with E-state index in [0.717, 1.165) is 17.8 Å². The minimum absolute atomic E-state index is 0.0261. The fourth-order valence-corrected chi connectivity index (χ4v) is 2.14. The molecule has 2 aromatic carbocycles. The third kappa shape index (κ3) is 4.93. The first-order valence-corrected chi connectivity index (χ1v) is 6.91. The van der Waals surface area contributed by atoms with Crippen molar-refractivity contribution in [3.05, 3.63) is 59.7 Å². The summed E-state index contributed by atoms with van der Waals surface area (Å²) in [4.78, 5) is 14.1. The quantitative estimate of drug-likeness (QED) is 0.829. The van der Waals surface area contributed by atoms with Crippen LogP contribution in [0.2, 0.25) is 0 Å². The van der Waals surface area contributed by atoms with E-state index in [1.165, 1.54) is 5.56 Å². The van der Waals surface area contributed by atoms with Gasteiger partial charge in [0.1, 0.15) is 0 Å². The van der Waals surface area contributed by atoms with E-state index in [4.69, 9.17) is 5.73 Å². The van der Waals surface area contributed by atoms with Gasteiger partial charge in [-0.2, -0.15) is 0 Å². The number of hydrogen-bond donors (Lipinski definition) is 2. The maximum absolute atomic E-state index is 12.0. The SMILES string of the molecule is CN(C)Cc1cccc(NC(=O)Cc2ccc(N)cc2)c1. The van der Waals surface area contributed by atoms with Crippen molar-refractivity contribution < 1.29 is 4.79 Å². The van der Waals surface area contributed by atoms with Crippen molar-refractivity contribution in [2.45, 2.75) is 13.0 Å². The van der Waals surface area contributed by atoms with Gasteiger partial charge >= 0.3 is 0 Å². The molecule has 0 saturated carbocycles. The number of anilines is 2. The number of rotatable bonds is 5. The molecule has 0 saturated heterocycles. The van der Waals surface area contributed by atoms with Crippen molar-refractivity contribution in [2.24, 2.45) is 0 Å². The zero-order chi connectivity index (χ0) is 15.2. The standard InChI is InChI=1S/C17H21N3O/c1-20(2)12-14-4-3-5-16(10-14)19-17(21)11-13-6-8-15(18)9-7-13/h3-10H,11-12,18H2,1-2H3,(H,19,21). The van der Waals surface area contributed by atoms with Crippen molar-refractivity contribution in [3.8, 4) is 0 Å². The number of nitrogens with one attached hydrogen (secondary N) is 1. The number of carbonyl (C=O) groups excluding carboxylic acids is 1. The molecule has 0 aliphatic carbocycles. The number of hydrogen-bond acceptors (Lipinski definition) is 3. The second-order valence-corrected chi connectivity index (χ2v) is 5.40. The van der Waals surface area contributed by atoms with Gasteiger partial charge in [-0.25, -0.2) is 0 Å². The van der Waals surface area contributed by atoms with E-state index in [9.17, 15) is 4.79 Å². The lowest BCUT2D eigenvalue weighted by atomic mass is 10.1. The van der Waals surface area contributed by atoms with E-state index in [1.807, 2.05) is 44.4 Å². The van der Waals surface area contributed by atoms with Gasteiger partial charge in [-0.15, -0.1) is 0 Å². The Morgan fingerprint density at radius 2 is 1.81 bits per heavy atom. The Labute approximate surface area is 125 Å². The Morgan fingerprint density at radius 3 is 2.48 bits per heavy atom. The van der Waals surface area contributed by atoms with Crippen molar-refractivity contribution in [3.63, 3.8) is 0 Å². The second kappa shape index (κ2) is 6.90. The van der Waals surface area contributed by atoms with Gasteiger partial charge in [0, 0.05) is 17.9 Å². The molecule has 0 spiro atoms. The number of carbonyl (C=O) groups is 1. The van der Waals surface area contributed by atoms with Crippen LogP contribution in [-0.2, 0) is 17.8 Å². The van der Waals surface area contributed by atoms with Crippen LogP contribution in [0.4, 0.5) is 11.4 Å². The van der Waals surface area contributed by atoms with Crippen LogP contribution >= 0.6 is 0 Å². The molecule has 2 aromatic rings. The van der Waals surface area contributed by atoms with E-state index in [1.54, 1.807) is 12.1 Å². The lowest BCUT2D eigenvalue weighted by Gasteiger charge is -2.11. The average Bonchev–Trinajstić information content (AvgIpc) is 2.41. The molecule has 0 aromatic heterocycles. The zero-order valence-corrected chi connectivity index (χ0v) is 12.5. The Kier molecular flexibility index (Phi) is 4.95. The fourth-order valence-electron chi connectivity index (χ4n) is 2.14. The average molecular weight is 283 g/mol. The molecule has 2 rings (SSSR count). The molecule has 3 N–H and O–H groups in total. The number of nitrogens with two attached hydrogens (primary N) is 1. The molecule has 21 heavy (non-hydrogen) atoms. The number of nitrogens with zero attached hydrogens (tertiary/aromatic N) is 1. The van der Waals surface area contributed by atoms with Crippen LogP contribution in [0.1, 0.15) is 11.1 Å². The summed E-state index contributed by atoms with van der Waals surface area (Å²) in [5.41, 5.74) is 9.29. The highest BCUT2D eigenvalue weighted by Gasteiger charge is 2.05. The molecule has 0 fully saturated rings. The Balaban J connectivity index is 1.97. The van der Waals surface area contributed by atoms with E-state index < -0.39 is 0 Å². The Morgan fingerprint density at radius 1 is 1.10 bits per heavy atom. The monoisotopic (exact) mass is 283 g/mol. The van der Waals surface area contributed by atoms with Crippen LogP contribution in [-0.4, -0.2) is 24.9 Å². The predicted molar refractivity (Wildman–Crippen MR) is 87.0 cm³/mol. The summed E-state index contributed by atoms with van der Waals surface area (Å²) in [6.45, 7) is 0.849. The molecule has 0 heterocycles. The Bertz CT molecular complexity index is 606. The third-order valence-corrected chi connectivity index (χ3v) is 3.05. The lowest BCUT2D eigenvalue weighted by molar-refractivity contribution is -0.115. The molecule has 0 atom stereocenters. The molecular weight excluding hydrogens is 262 g/mol. The van der Waals surface area contributed by atoms with Crippen LogP contribution in [0, 0.1) is 0 Å². The van der Waals surface area contributed by atoms with Crippen LogP contribution in [0.5, 0.6) is 0 Å². The van der Waals surface area contributed by atoms with Crippen molar-refractivity contribution in [1.82, 2.24) is 4.90 Å². The molecule has 0 radical (unpaired) electrons. The second-order valence-electron chi connectivity index (χ2n) is 5.40. The fraction of sp³-hybridized carbons (Fsp3) is 0.235. The molecule has 4 heteroatoms. The van der Waals surface area contributed by atoms with Crippen molar-refractivity contribution in [2.75, 3.05) is 25.1 Å². The molecule has 4 nitrogen and oxygen atoms in total. The van der Waals surface area contributed by atoms with Gasteiger partial charge in [0.2, 0.25) is 5.91 Å². The van der Waals surface area contributed by atoms with Gasteiger partial charge in [-0.05, 0) is 49.5 Å². The summed E-state index contributed by atoms with van der Waals surface area (Å²) in [5.74, 6) is -0.0261. The van der Waals surface area contributed by atoms with Gasteiger partial charge in [-0.1, -0.05) is 24.3 Å². The maximum atomic E-state index is 12.0.